The second-order valence-corrected chi connectivity index (χ2v) is 6.40. The second kappa shape index (κ2) is 10.8. The predicted molar refractivity (Wildman–Crippen MR) is 91.9 cm³/mol. The van der Waals surface area contributed by atoms with Crippen molar-refractivity contribution in [2.75, 3.05) is 26.8 Å². The SMILES string of the molecule is CCC[C@@H](CN1CC(COC)CC1C(=O)O)C(C)NC(C)=O.Cl. The third kappa shape index (κ3) is 7.06. The van der Waals surface area contributed by atoms with Crippen LogP contribution >= 0.6 is 12.4 Å². The monoisotopic (exact) mass is 350 g/mol. The van der Waals surface area contributed by atoms with Crippen LogP contribution in [0.15, 0.2) is 0 Å². The molecule has 0 radical (unpaired) electrons. The first kappa shape index (κ1) is 22.1. The van der Waals surface area contributed by atoms with Gasteiger partial charge < -0.3 is 15.2 Å². The first-order valence-electron chi connectivity index (χ1n) is 8.11. The highest BCUT2D eigenvalue weighted by Crippen LogP contribution is 2.26. The molecule has 136 valence electrons. The summed E-state index contributed by atoms with van der Waals surface area (Å²) in [5.41, 5.74) is 0. The van der Waals surface area contributed by atoms with Crippen molar-refractivity contribution >= 4 is 24.3 Å². The molecule has 1 saturated heterocycles. The van der Waals surface area contributed by atoms with Gasteiger partial charge in [0, 0.05) is 33.2 Å². The van der Waals surface area contributed by atoms with Crippen molar-refractivity contribution in [2.24, 2.45) is 11.8 Å². The van der Waals surface area contributed by atoms with E-state index in [9.17, 15) is 14.7 Å². The largest absolute Gasteiger partial charge is 0.480 e. The Morgan fingerprint density at radius 2 is 2.09 bits per heavy atom. The van der Waals surface area contributed by atoms with Gasteiger partial charge in [-0.15, -0.1) is 12.4 Å². The summed E-state index contributed by atoms with van der Waals surface area (Å²) in [7, 11) is 1.65. The second-order valence-electron chi connectivity index (χ2n) is 6.40. The number of methoxy groups -OCH3 is 1. The third-order valence-electron chi connectivity index (χ3n) is 4.44. The summed E-state index contributed by atoms with van der Waals surface area (Å²) in [5, 5.41) is 12.4. The molecule has 4 atom stereocenters. The van der Waals surface area contributed by atoms with Crippen LogP contribution in [-0.4, -0.2) is 60.8 Å². The van der Waals surface area contributed by atoms with E-state index in [1.807, 2.05) is 11.8 Å². The summed E-state index contributed by atoms with van der Waals surface area (Å²) in [6.45, 7) is 7.67. The van der Waals surface area contributed by atoms with Crippen LogP contribution in [0.3, 0.4) is 0 Å². The zero-order valence-corrected chi connectivity index (χ0v) is 15.4. The van der Waals surface area contributed by atoms with Crippen LogP contribution in [0.25, 0.3) is 0 Å². The molecule has 0 aromatic rings. The van der Waals surface area contributed by atoms with Crippen molar-refractivity contribution < 1.29 is 19.4 Å². The Balaban J connectivity index is 0.00000484. The summed E-state index contributed by atoms with van der Waals surface area (Å²) in [5.74, 6) is -0.274. The Morgan fingerprint density at radius 3 is 2.57 bits per heavy atom. The predicted octanol–water partition coefficient (Wildman–Crippen LogP) is 1.77. The number of hydrogen-bond acceptors (Lipinski definition) is 4. The maximum absolute atomic E-state index is 11.5. The quantitative estimate of drug-likeness (QED) is 0.662. The zero-order valence-electron chi connectivity index (χ0n) is 14.6. The van der Waals surface area contributed by atoms with Gasteiger partial charge in [0.05, 0.1) is 6.61 Å². The van der Waals surface area contributed by atoms with Crippen molar-refractivity contribution in [1.29, 1.82) is 0 Å². The molecule has 0 bridgehead atoms. The van der Waals surface area contributed by atoms with E-state index < -0.39 is 12.0 Å². The Labute approximate surface area is 145 Å². The van der Waals surface area contributed by atoms with Gasteiger partial charge in [0.1, 0.15) is 6.04 Å². The Bertz CT molecular complexity index is 381. The van der Waals surface area contributed by atoms with E-state index in [1.165, 1.54) is 6.92 Å². The number of rotatable bonds is 9. The Hall–Kier alpha value is -0.850. The minimum absolute atomic E-state index is 0. The topological polar surface area (TPSA) is 78.9 Å². The maximum atomic E-state index is 11.5. The zero-order chi connectivity index (χ0) is 16.7. The number of hydrogen-bond donors (Lipinski definition) is 2. The smallest absolute Gasteiger partial charge is 0.320 e. The molecule has 3 unspecified atom stereocenters. The molecule has 2 N–H and O–H groups in total. The van der Waals surface area contributed by atoms with Gasteiger partial charge in [0.2, 0.25) is 5.91 Å². The van der Waals surface area contributed by atoms with Crippen molar-refractivity contribution in [1.82, 2.24) is 10.2 Å². The first-order valence-corrected chi connectivity index (χ1v) is 8.11. The molecule has 1 aliphatic heterocycles. The van der Waals surface area contributed by atoms with Crippen LogP contribution in [0.5, 0.6) is 0 Å². The molecule has 0 aliphatic carbocycles. The van der Waals surface area contributed by atoms with Gasteiger partial charge in [0.15, 0.2) is 0 Å². The lowest BCUT2D eigenvalue weighted by Crippen LogP contribution is -2.45. The molecular formula is C16H31ClN2O4. The van der Waals surface area contributed by atoms with E-state index in [2.05, 4.69) is 12.2 Å². The van der Waals surface area contributed by atoms with Gasteiger partial charge in [0.25, 0.3) is 0 Å². The summed E-state index contributed by atoms with van der Waals surface area (Å²) in [6.07, 6.45) is 2.62. The highest BCUT2D eigenvalue weighted by Gasteiger charge is 2.38. The van der Waals surface area contributed by atoms with E-state index in [0.717, 1.165) is 19.4 Å². The lowest BCUT2D eigenvalue weighted by molar-refractivity contribution is -0.142. The van der Waals surface area contributed by atoms with Gasteiger partial charge in [-0.2, -0.15) is 0 Å². The number of amides is 1. The van der Waals surface area contributed by atoms with Gasteiger partial charge in [-0.3, -0.25) is 14.5 Å². The average molecular weight is 351 g/mol. The van der Waals surface area contributed by atoms with E-state index in [4.69, 9.17) is 4.74 Å². The summed E-state index contributed by atoms with van der Waals surface area (Å²) in [4.78, 5) is 24.8. The third-order valence-corrected chi connectivity index (χ3v) is 4.44. The molecule has 6 nitrogen and oxygen atoms in total. The number of carbonyl (C=O) groups excluding carboxylic acids is 1. The Kier molecular flexibility index (Phi) is 10.4. The normalized spacial score (nSPS) is 23.8. The van der Waals surface area contributed by atoms with E-state index >= 15 is 0 Å². The number of ether oxygens (including phenoxy) is 1. The number of carboxylic acids is 1. The molecule has 0 aromatic carbocycles. The number of nitrogens with one attached hydrogen (secondary N) is 1. The highest BCUT2D eigenvalue weighted by molar-refractivity contribution is 5.85. The van der Waals surface area contributed by atoms with Crippen molar-refractivity contribution in [3.63, 3.8) is 0 Å². The lowest BCUT2D eigenvalue weighted by Gasteiger charge is -2.31. The molecule has 23 heavy (non-hydrogen) atoms. The van der Waals surface area contributed by atoms with Gasteiger partial charge in [-0.1, -0.05) is 13.3 Å². The summed E-state index contributed by atoms with van der Waals surface area (Å²) < 4.78 is 5.18. The molecule has 7 heteroatoms. The number of nitrogens with zero attached hydrogens (tertiary/aromatic N) is 1. The van der Waals surface area contributed by atoms with Crippen LogP contribution in [-0.2, 0) is 14.3 Å². The van der Waals surface area contributed by atoms with Gasteiger partial charge in [-0.25, -0.2) is 0 Å². The number of carbonyl (C=O) groups is 2. The molecule has 1 aliphatic rings. The molecule has 0 aromatic heterocycles. The number of likely N-dealkylation sites (tertiary alicyclic amines) is 1. The van der Waals surface area contributed by atoms with Crippen LogP contribution in [0.2, 0.25) is 0 Å². The minimum Gasteiger partial charge on any atom is -0.480 e. The maximum Gasteiger partial charge on any atom is 0.320 e. The molecule has 1 rings (SSSR count). The van der Waals surface area contributed by atoms with Crippen molar-refractivity contribution in [3.8, 4) is 0 Å². The molecular weight excluding hydrogens is 320 g/mol. The Morgan fingerprint density at radius 1 is 1.43 bits per heavy atom. The van der Waals surface area contributed by atoms with Crippen LogP contribution < -0.4 is 5.32 Å². The molecule has 0 saturated carbocycles. The summed E-state index contributed by atoms with van der Waals surface area (Å²) in [6, 6.07) is -0.391. The fourth-order valence-corrected chi connectivity index (χ4v) is 3.42. The average Bonchev–Trinajstić information content (AvgIpc) is 2.81. The first-order chi connectivity index (χ1) is 10.4. The fourth-order valence-electron chi connectivity index (χ4n) is 3.42. The molecule has 1 fully saturated rings. The van der Waals surface area contributed by atoms with Crippen LogP contribution in [0, 0.1) is 11.8 Å². The van der Waals surface area contributed by atoms with Crippen molar-refractivity contribution in [2.45, 2.75) is 52.1 Å². The molecule has 1 amide bonds. The van der Waals surface area contributed by atoms with Gasteiger partial charge >= 0.3 is 5.97 Å². The standard InChI is InChI=1S/C16H30N2O4.ClH/c1-5-6-14(11(2)17-12(3)19)9-18-8-13(10-22-4)7-15(18)16(20)21;/h11,13-15H,5-10H2,1-4H3,(H,17,19)(H,20,21);1H/t11?,13?,14-,15?;/m0./s1. The van der Waals surface area contributed by atoms with E-state index in [-0.39, 0.29) is 36.2 Å². The van der Waals surface area contributed by atoms with E-state index in [1.54, 1.807) is 7.11 Å². The van der Waals surface area contributed by atoms with Crippen molar-refractivity contribution in [3.05, 3.63) is 0 Å². The number of aliphatic carboxylic acids is 1. The minimum atomic E-state index is -0.763. The van der Waals surface area contributed by atoms with Crippen LogP contribution in [0.1, 0.15) is 40.0 Å². The number of halogens is 1. The fraction of sp³-hybridized carbons (Fsp3) is 0.875. The van der Waals surface area contributed by atoms with Crippen LogP contribution in [0.4, 0.5) is 0 Å². The number of carboxylic acid groups (broad SMARTS) is 1. The molecule has 1 heterocycles. The molecule has 0 spiro atoms. The van der Waals surface area contributed by atoms with E-state index in [0.29, 0.717) is 19.6 Å². The lowest BCUT2D eigenvalue weighted by atomic mass is 9.95. The summed E-state index contributed by atoms with van der Waals surface area (Å²) >= 11 is 0. The van der Waals surface area contributed by atoms with Gasteiger partial charge in [-0.05, 0) is 31.6 Å². The highest BCUT2D eigenvalue weighted by atomic mass is 35.5.